The van der Waals surface area contributed by atoms with Gasteiger partial charge in [-0.05, 0) is 42.5 Å². The molecule has 1 aliphatic carbocycles. The Bertz CT molecular complexity index is 1040. The maximum atomic E-state index is 6.27. The van der Waals surface area contributed by atoms with Gasteiger partial charge in [0.1, 0.15) is 5.82 Å². The number of benzene rings is 2. The fraction of sp³-hybridized carbons (Fsp3) is 0.417. The van der Waals surface area contributed by atoms with Crippen LogP contribution in [0.25, 0.3) is 10.8 Å². The van der Waals surface area contributed by atoms with Crippen LogP contribution >= 0.6 is 0 Å². The Kier molecular flexibility index (Phi) is 4.63. The SMILES string of the molecule is CC1(c2ccc3ccccc3c2)CCCCc2c(N3CCNCC3)nc(N)nc21. The first-order valence-corrected chi connectivity index (χ1v) is 10.8. The Morgan fingerprint density at radius 3 is 2.62 bits per heavy atom. The van der Waals surface area contributed by atoms with Gasteiger partial charge in [0.25, 0.3) is 0 Å². The molecule has 1 unspecified atom stereocenters. The Balaban J connectivity index is 1.68. The highest BCUT2D eigenvalue weighted by Crippen LogP contribution is 2.43. The molecule has 5 heteroatoms. The molecule has 0 amide bonds. The summed E-state index contributed by atoms with van der Waals surface area (Å²) in [5.41, 5.74) is 9.86. The normalized spacial score (nSPS) is 22.3. The van der Waals surface area contributed by atoms with Crippen LogP contribution in [0, 0.1) is 0 Å². The van der Waals surface area contributed by atoms with Crippen LogP contribution in [0.3, 0.4) is 0 Å². The Morgan fingerprint density at radius 1 is 1.00 bits per heavy atom. The molecule has 150 valence electrons. The molecule has 0 spiro atoms. The van der Waals surface area contributed by atoms with Gasteiger partial charge in [0.2, 0.25) is 5.95 Å². The Morgan fingerprint density at radius 2 is 1.79 bits per heavy atom. The molecule has 0 radical (unpaired) electrons. The minimum absolute atomic E-state index is 0.157. The highest BCUT2D eigenvalue weighted by Gasteiger charge is 2.37. The average Bonchev–Trinajstić information content (AvgIpc) is 2.93. The lowest BCUT2D eigenvalue weighted by Crippen LogP contribution is -2.44. The van der Waals surface area contributed by atoms with Crippen LogP contribution in [0.15, 0.2) is 42.5 Å². The van der Waals surface area contributed by atoms with Crippen LogP contribution in [0.5, 0.6) is 0 Å². The van der Waals surface area contributed by atoms with E-state index in [9.17, 15) is 0 Å². The molecule has 1 aliphatic heterocycles. The largest absolute Gasteiger partial charge is 0.368 e. The van der Waals surface area contributed by atoms with Crippen LogP contribution in [0.1, 0.15) is 43.0 Å². The van der Waals surface area contributed by atoms with Crippen molar-refractivity contribution in [1.82, 2.24) is 15.3 Å². The minimum atomic E-state index is -0.157. The summed E-state index contributed by atoms with van der Waals surface area (Å²) >= 11 is 0. The topological polar surface area (TPSA) is 67.1 Å². The fourth-order valence-electron chi connectivity index (χ4n) is 5.03. The number of aromatic nitrogens is 2. The summed E-state index contributed by atoms with van der Waals surface area (Å²) in [6, 6.07) is 15.4. The molecule has 29 heavy (non-hydrogen) atoms. The lowest BCUT2D eigenvalue weighted by molar-refractivity contribution is 0.493. The van der Waals surface area contributed by atoms with E-state index in [0.29, 0.717) is 5.95 Å². The second-order valence-electron chi connectivity index (χ2n) is 8.57. The molecule has 1 aromatic heterocycles. The average molecular weight is 388 g/mol. The van der Waals surface area contributed by atoms with Gasteiger partial charge in [0.05, 0.1) is 5.69 Å². The number of nitrogen functional groups attached to an aromatic ring is 1. The molecule has 5 rings (SSSR count). The van der Waals surface area contributed by atoms with Crippen molar-refractivity contribution in [3.63, 3.8) is 0 Å². The first-order chi connectivity index (χ1) is 14.1. The van der Waals surface area contributed by atoms with Crippen LogP contribution in [-0.2, 0) is 11.8 Å². The predicted octanol–water partition coefficient (Wildman–Crippen LogP) is 3.65. The van der Waals surface area contributed by atoms with E-state index in [1.165, 1.54) is 34.7 Å². The molecule has 2 aromatic carbocycles. The quantitative estimate of drug-likeness (QED) is 0.657. The van der Waals surface area contributed by atoms with E-state index < -0.39 is 0 Å². The summed E-state index contributed by atoms with van der Waals surface area (Å²) in [7, 11) is 0. The third-order valence-electron chi connectivity index (χ3n) is 6.68. The molecule has 5 nitrogen and oxygen atoms in total. The third-order valence-corrected chi connectivity index (χ3v) is 6.68. The number of piperazine rings is 1. The van der Waals surface area contributed by atoms with Gasteiger partial charge >= 0.3 is 0 Å². The maximum absolute atomic E-state index is 6.27. The van der Waals surface area contributed by atoms with Crippen molar-refractivity contribution >= 4 is 22.5 Å². The summed E-state index contributed by atoms with van der Waals surface area (Å²) in [6.45, 7) is 6.25. The van der Waals surface area contributed by atoms with E-state index in [2.05, 4.69) is 59.6 Å². The number of hydrogen-bond donors (Lipinski definition) is 2. The number of rotatable bonds is 2. The molecule has 1 fully saturated rings. The highest BCUT2D eigenvalue weighted by molar-refractivity contribution is 5.83. The van der Waals surface area contributed by atoms with E-state index in [1.807, 2.05) is 0 Å². The van der Waals surface area contributed by atoms with Crippen molar-refractivity contribution in [1.29, 1.82) is 0 Å². The van der Waals surface area contributed by atoms with Crippen molar-refractivity contribution in [2.24, 2.45) is 0 Å². The zero-order valence-corrected chi connectivity index (χ0v) is 17.1. The number of hydrogen-bond acceptors (Lipinski definition) is 5. The molecule has 3 aromatic rings. The lowest BCUT2D eigenvalue weighted by atomic mass is 9.74. The van der Waals surface area contributed by atoms with Crippen molar-refractivity contribution in [3.8, 4) is 0 Å². The zero-order chi connectivity index (χ0) is 19.8. The number of fused-ring (bicyclic) bond motifs is 2. The van der Waals surface area contributed by atoms with Gasteiger partial charge in [-0.3, -0.25) is 0 Å². The number of nitrogens with two attached hydrogens (primary N) is 1. The summed E-state index contributed by atoms with van der Waals surface area (Å²) in [5.74, 6) is 1.45. The first kappa shape index (κ1) is 18.4. The molecule has 2 aliphatic rings. The summed E-state index contributed by atoms with van der Waals surface area (Å²) < 4.78 is 0. The molecule has 0 bridgehead atoms. The van der Waals surface area contributed by atoms with Crippen molar-refractivity contribution in [3.05, 3.63) is 59.3 Å². The Labute approximate surface area is 172 Å². The van der Waals surface area contributed by atoms with Crippen LogP contribution < -0.4 is 16.0 Å². The van der Waals surface area contributed by atoms with E-state index in [0.717, 1.165) is 50.5 Å². The maximum Gasteiger partial charge on any atom is 0.222 e. The van der Waals surface area contributed by atoms with Crippen LogP contribution in [-0.4, -0.2) is 36.1 Å². The zero-order valence-electron chi connectivity index (χ0n) is 17.1. The second kappa shape index (κ2) is 7.30. The lowest BCUT2D eigenvalue weighted by Gasteiger charge is -2.34. The number of nitrogens with zero attached hydrogens (tertiary/aromatic N) is 3. The van der Waals surface area contributed by atoms with Crippen molar-refractivity contribution in [2.75, 3.05) is 36.8 Å². The summed E-state index contributed by atoms with van der Waals surface area (Å²) in [4.78, 5) is 12.0. The molecule has 1 saturated heterocycles. The van der Waals surface area contributed by atoms with Crippen molar-refractivity contribution in [2.45, 2.75) is 38.0 Å². The second-order valence-corrected chi connectivity index (χ2v) is 8.57. The molecule has 2 heterocycles. The summed E-state index contributed by atoms with van der Waals surface area (Å²) in [6.07, 6.45) is 4.46. The van der Waals surface area contributed by atoms with Gasteiger partial charge in [0.15, 0.2) is 0 Å². The third kappa shape index (κ3) is 3.23. The first-order valence-electron chi connectivity index (χ1n) is 10.8. The summed E-state index contributed by atoms with van der Waals surface area (Å²) in [5, 5.41) is 5.99. The van der Waals surface area contributed by atoms with Gasteiger partial charge < -0.3 is 16.0 Å². The molecular weight excluding hydrogens is 358 g/mol. The molecular formula is C24H29N5. The fourth-order valence-corrected chi connectivity index (χ4v) is 5.03. The number of anilines is 2. The predicted molar refractivity (Wildman–Crippen MR) is 119 cm³/mol. The molecule has 0 saturated carbocycles. The van der Waals surface area contributed by atoms with Crippen LogP contribution in [0.2, 0.25) is 0 Å². The van der Waals surface area contributed by atoms with Gasteiger partial charge in [-0.2, -0.15) is 4.98 Å². The van der Waals surface area contributed by atoms with Crippen LogP contribution in [0.4, 0.5) is 11.8 Å². The van der Waals surface area contributed by atoms with Crippen molar-refractivity contribution < 1.29 is 0 Å². The highest BCUT2D eigenvalue weighted by atomic mass is 15.2. The molecule has 1 atom stereocenters. The molecule has 3 N–H and O–H groups in total. The minimum Gasteiger partial charge on any atom is -0.368 e. The Hall–Kier alpha value is -2.66. The number of nitrogens with one attached hydrogen (secondary N) is 1. The smallest absolute Gasteiger partial charge is 0.222 e. The van der Waals surface area contributed by atoms with Gasteiger partial charge in [0, 0.05) is 37.2 Å². The van der Waals surface area contributed by atoms with Gasteiger partial charge in [-0.15, -0.1) is 0 Å². The van der Waals surface area contributed by atoms with E-state index in [1.54, 1.807) is 0 Å². The van der Waals surface area contributed by atoms with E-state index in [4.69, 9.17) is 15.7 Å². The van der Waals surface area contributed by atoms with Gasteiger partial charge in [-0.25, -0.2) is 4.98 Å². The van der Waals surface area contributed by atoms with Gasteiger partial charge in [-0.1, -0.05) is 48.9 Å². The monoisotopic (exact) mass is 387 g/mol. The van der Waals surface area contributed by atoms with E-state index in [-0.39, 0.29) is 5.41 Å². The van der Waals surface area contributed by atoms with E-state index >= 15 is 0 Å². The standard InChI is InChI=1S/C24H29N5/c1-24(19-10-9-17-6-2-3-7-18(17)16-19)11-5-4-8-20-21(24)27-23(25)28-22(20)29-14-12-26-13-15-29/h2-3,6-7,9-10,16,26H,4-5,8,11-15H2,1H3,(H2,25,27,28).